The van der Waals surface area contributed by atoms with Crippen LogP contribution < -0.4 is 0 Å². The number of halogens is 8. The number of hydrogen-bond donors (Lipinski definition) is 0. The molecule has 0 N–H and O–H groups in total. The van der Waals surface area contributed by atoms with Crippen LogP contribution in [0, 0.1) is 23.7 Å². The molecule has 16 heteroatoms. The van der Waals surface area contributed by atoms with Crippen LogP contribution >= 0.6 is 47.8 Å². The highest BCUT2D eigenvalue weighted by Gasteiger charge is 2.65. The number of alkyl halides is 5. The highest BCUT2D eigenvalue weighted by atomic mass is 79.9. The number of carbonyl (C=O) groups is 2. The van der Waals surface area contributed by atoms with Crippen LogP contribution in [-0.4, -0.2) is 48.0 Å². The molecule has 7 nitrogen and oxygen atoms in total. The fraction of sp³-hybridized carbons (Fsp3) is 0.619. The zero-order valence-corrected chi connectivity index (χ0v) is 23.9. The Morgan fingerprint density at radius 3 is 1.97 bits per heavy atom. The third-order valence-corrected chi connectivity index (χ3v) is 9.77. The predicted octanol–water partition coefficient (Wildman–Crippen LogP) is 5.94. The van der Waals surface area contributed by atoms with Crippen LogP contribution in [0.5, 0.6) is 0 Å². The molecule has 4 aliphatic rings. The topological polar surface area (TPSA) is 110 Å². The zero-order chi connectivity index (χ0) is 27.7. The van der Waals surface area contributed by atoms with Crippen molar-refractivity contribution in [3.63, 3.8) is 0 Å². The molecule has 0 amide bonds. The Kier molecular flexibility index (Phi) is 7.61. The fourth-order valence-corrected chi connectivity index (χ4v) is 9.12. The quantitative estimate of drug-likeness (QED) is 0.202. The second-order valence-corrected chi connectivity index (χ2v) is 13.8. The van der Waals surface area contributed by atoms with Crippen LogP contribution in [0.3, 0.4) is 0 Å². The lowest BCUT2D eigenvalue weighted by Crippen LogP contribution is -2.59. The standard InChI is InChI=1S/C21H18Br3F5O7S/c22-11-3-12(23)15(13(24)4-11)17(31)36-19-5-8-1-9(6-19)14(10(2-8)7-19)16(30)35-18(20(25,26)27)21(28,29)37(32,33)34/h3-4,8-10,14,18H,1-2,5-7H2,(H,32,33,34)/p-1. The van der Waals surface area contributed by atoms with Crippen LogP contribution in [-0.2, 0) is 24.4 Å². The smallest absolute Gasteiger partial charge is 0.432 e. The number of carbonyl (C=O) groups excluding carboxylic acids is 2. The van der Waals surface area contributed by atoms with Gasteiger partial charge in [-0.15, -0.1) is 0 Å². The summed E-state index contributed by atoms with van der Waals surface area (Å²) >= 11 is 9.91. The number of rotatable bonds is 6. The van der Waals surface area contributed by atoms with Gasteiger partial charge in [-0.1, -0.05) is 15.9 Å². The van der Waals surface area contributed by atoms with Gasteiger partial charge in [0.1, 0.15) is 5.60 Å². The van der Waals surface area contributed by atoms with Gasteiger partial charge in [-0.3, -0.25) is 4.79 Å². The molecule has 0 spiro atoms. The predicted molar refractivity (Wildman–Crippen MR) is 125 cm³/mol. The summed E-state index contributed by atoms with van der Waals surface area (Å²) in [5.41, 5.74) is -0.800. The number of esters is 2. The van der Waals surface area contributed by atoms with Crippen molar-refractivity contribution in [2.45, 2.75) is 55.2 Å². The van der Waals surface area contributed by atoms with Crippen LogP contribution in [0.25, 0.3) is 0 Å². The molecule has 3 atom stereocenters. The van der Waals surface area contributed by atoms with Crippen LogP contribution in [0.2, 0.25) is 0 Å². The lowest BCUT2D eigenvalue weighted by molar-refractivity contribution is -0.265. The van der Waals surface area contributed by atoms with Crippen molar-refractivity contribution in [2.24, 2.45) is 23.7 Å². The number of hydrogen-bond acceptors (Lipinski definition) is 7. The van der Waals surface area contributed by atoms with Crippen molar-refractivity contribution in [2.75, 3.05) is 0 Å². The third kappa shape index (κ3) is 5.46. The second-order valence-electron chi connectivity index (χ2n) is 9.69. The van der Waals surface area contributed by atoms with E-state index < -0.39 is 62.9 Å². The molecule has 0 aromatic heterocycles. The summed E-state index contributed by atoms with van der Waals surface area (Å²) in [4.78, 5) is 25.8. The van der Waals surface area contributed by atoms with Crippen molar-refractivity contribution in [3.8, 4) is 0 Å². The van der Waals surface area contributed by atoms with Crippen molar-refractivity contribution < 1.29 is 54.0 Å². The van der Waals surface area contributed by atoms with E-state index in [4.69, 9.17) is 4.74 Å². The van der Waals surface area contributed by atoms with Crippen LogP contribution in [0.15, 0.2) is 25.6 Å². The van der Waals surface area contributed by atoms with Gasteiger partial charge in [-0.2, -0.15) is 22.0 Å². The SMILES string of the molecule is O=C(OC12CC3CC(C1)C(C(=O)OC(C(F)(F)F)C(F)(F)S(=O)(=O)[O-])C(C3)C2)c1c(Br)cc(Br)cc1Br. The van der Waals surface area contributed by atoms with Crippen LogP contribution in [0.1, 0.15) is 42.5 Å². The summed E-state index contributed by atoms with van der Waals surface area (Å²) < 4.78 is 111. The van der Waals surface area contributed by atoms with Crippen LogP contribution in [0.4, 0.5) is 22.0 Å². The van der Waals surface area contributed by atoms with Gasteiger partial charge in [0.25, 0.3) is 6.10 Å². The van der Waals surface area contributed by atoms with E-state index in [2.05, 4.69) is 52.5 Å². The summed E-state index contributed by atoms with van der Waals surface area (Å²) in [5.74, 6) is -4.87. The maximum Gasteiger partial charge on any atom is 0.432 e. The molecule has 4 fully saturated rings. The molecule has 1 aromatic rings. The summed E-state index contributed by atoms with van der Waals surface area (Å²) in [6.45, 7) is 0. The highest BCUT2D eigenvalue weighted by Crippen LogP contribution is 2.60. The largest absolute Gasteiger partial charge is 0.743 e. The summed E-state index contributed by atoms with van der Waals surface area (Å²) in [6.07, 6.45) is -9.07. The summed E-state index contributed by atoms with van der Waals surface area (Å²) in [7, 11) is -6.79. The highest BCUT2D eigenvalue weighted by molar-refractivity contribution is 9.11. The van der Waals surface area contributed by atoms with Gasteiger partial charge in [0, 0.05) is 13.4 Å². The Morgan fingerprint density at radius 2 is 1.51 bits per heavy atom. The molecule has 4 saturated carbocycles. The van der Waals surface area contributed by atoms with Crippen molar-refractivity contribution in [3.05, 3.63) is 31.1 Å². The Labute approximate surface area is 232 Å². The van der Waals surface area contributed by atoms with Crippen molar-refractivity contribution in [1.29, 1.82) is 0 Å². The Balaban J connectivity index is 1.55. The first-order chi connectivity index (χ1) is 16.8. The average molecular weight is 748 g/mol. The van der Waals surface area contributed by atoms with Crippen molar-refractivity contribution in [1.82, 2.24) is 0 Å². The lowest BCUT2D eigenvalue weighted by Gasteiger charge is -2.58. The molecule has 5 rings (SSSR count). The molecule has 4 bridgehead atoms. The average Bonchev–Trinajstić information content (AvgIpc) is 2.68. The van der Waals surface area contributed by atoms with Crippen molar-refractivity contribution >= 4 is 69.8 Å². The minimum atomic E-state index is -6.79. The maximum atomic E-state index is 13.9. The maximum absolute atomic E-state index is 13.9. The van der Waals surface area contributed by atoms with Gasteiger partial charge in [-0.25, -0.2) is 13.2 Å². The van der Waals surface area contributed by atoms with Gasteiger partial charge in [0.15, 0.2) is 10.1 Å². The lowest BCUT2D eigenvalue weighted by atomic mass is 9.50. The third-order valence-electron chi connectivity index (χ3n) is 7.18. The van der Waals surface area contributed by atoms with Gasteiger partial charge in [0.05, 0.1) is 11.5 Å². The van der Waals surface area contributed by atoms with E-state index in [1.807, 2.05) is 0 Å². The van der Waals surface area contributed by atoms with Gasteiger partial charge in [0.2, 0.25) is 0 Å². The summed E-state index contributed by atoms with van der Waals surface area (Å²) in [6, 6.07) is 3.28. The first-order valence-electron chi connectivity index (χ1n) is 10.8. The molecule has 3 unspecified atom stereocenters. The molecular formula is C21H17Br3F5O7S-. The molecule has 37 heavy (non-hydrogen) atoms. The number of ether oxygens (including phenoxy) is 2. The molecule has 0 heterocycles. The molecule has 0 aliphatic heterocycles. The van der Waals surface area contributed by atoms with E-state index in [9.17, 15) is 44.5 Å². The second kappa shape index (κ2) is 9.66. The minimum absolute atomic E-state index is 0.0203. The molecule has 4 aliphatic carbocycles. The normalized spacial score (nSPS) is 30.2. The minimum Gasteiger partial charge on any atom is -0.743 e. The van der Waals surface area contributed by atoms with Gasteiger partial charge >= 0.3 is 23.4 Å². The van der Waals surface area contributed by atoms with E-state index in [1.165, 1.54) is 0 Å². The molecule has 206 valence electrons. The molecule has 0 saturated heterocycles. The Morgan fingerprint density at radius 1 is 1.00 bits per heavy atom. The Bertz CT molecular complexity index is 1200. The monoisotopic (exact) mass is 745 g/mol. The molecule has 0 radical (unpaired) electrons. The Hall–Kier alpha value is -0.840. The first kappa shape index (κ1) is 29.2. The fourth-order valence-electron chi connectivity index (χ4n) is 6.10. The summed E-state index contributed by atoms with van der Waals surface area (Å²) in [5, 5.41) is -5.91. The van der Waals surface area contributed by atoms with E-state index in [0.717, 1.165) is 0 Å². The zero-order valence-electron chi connectivity index (χ0n) is 18.4. The first-order valence-corrected chi connectivity index (χ1v) is 14.6. The van der Waals surface area contributed by atoms with E-state index in [0.29, 0.717) is 32.7 Å². The molecule has 1 aromatic carbocycles. The van der Waals surface area contributed by atoms with Gasteiger partial charge < -0.3 is 14.0 Å². The molecular weight excluding hydrogens is 731 g/mol. The van der Waals surface area contributed by atoms with E-state index >= 15 is 0 Å². The van der Waals surface area contributed by atoms with Gasteiger partial charge in [-0.05, 0) is 93.9 Å². The van der Waals surface area contributed by atoms with E-state index in [1.54, 1.807) is 12.1 Å². The van der Waals surface area contributed by atoms with E-state index in [-0.39, 0.29) is 24.3 Å². The number of benzene rings is 1.